The van der Waals surface area contributed by atoms with Crippen molar-refractivity contribution < 1.29 is 13.2 Å². The summed E-state index contributed by atoms with van der Waals surface area (Å²) < 4.78 is 33.8. The summed E-state index contributed by atoms with van der Waals surface area (Å²) in [6, 6.07) is 10.4. The molecule has 0 fully saturated rings. The topological polar surface area (TPSA) is 55.4 Å². The SMILES string of the molecule is COc1ccc(S(=O)(=O)NC(c2ccsc2)c2cccs2)c(C)c1. The Kier molecular flexibility index (Phi) is 5.05. The van der Waals surface area contributed by atoms with E-state index in [1.165, 1.54) is 11.3 Å². The van der Waals surface area contributed by atoms with Crippen molar-refractivity contribution in [2.24, 2.45) is 0 Å². The molecule has 0 bridgehead atoms. The van der Waals surface area contributed by atoms with Crippen molar-refractivity contribution in [3.05, 3.63) is 68.5 Å². The van der Waals surface area contributed by atoms with Gasteiger partial charge in [0.25, 0.3) is 0 Å². The molecular weight excluding hydrogens is 362 g/mol. The zero-order chi connectivity index (χ0) is 17.2. The van der Waals surface area contributed by atoms with Crippen molar-refractivity contribution in [2.45, 2.75) is 17.9 Å². The number of sulfonamides is 1. The van der Waals surface area contributed by atoms with Crippen molar-refractivity contribution in [3.8, 4) is 5.75 Å². The van der Waals surface area contributed by atoms with Gasteiger partial charge in [0.1, 0.15) is 5.75 Å². The average Bonchev–Trinajstić information content (AvgIpc) is 3.25. The maximum absolute atomic E-state index is 12.9. The predicted molar refractivity (Wildman–Crippen MR) is 98.5 cm³/mol. The van der Waals surface area contributed by atoms with Gasteiger partial charge >= 0.3 is 0 Å². The average molecular weight is 380 g/mol. The molecule has 1 unspecified atom stereocenters. The molecule has 2 heterocycles. The van der Waals surface area contributed by atoms with Crippen LogP contribution in [0, 0.1) is 6.92 Å². The number of benzene rings is 1. The molecule has 24 heavy (non-hydrogen) atoms. The fourth-order valence-corrected chi connectivity index (χ4v) is 5.45. The molecule has 1 aromatic carbocycles. The van der Waals surface area contributed by atoms with E-state index < -0.39 is 10.0 Å². The predicted octanol–water partition coefficient (Wildman–Crippen LogP) is 4.19. The van der Waals surface area contributed by atoms with Crippen LogP contribution in [0.5, 0.6) is 5.75 Å². The Morgan fingerprint density at radius 1 is 1.17 bits per heavy atom. The molecule has 0 amide bonds. The van der Waals surface area contributed by atoms with E-state index in [2.05, 4.69) is 4.72 Å². The molecule has 4 nitrogen and oxygen atoms in total. The fraction of sp³-hybridized carbons (Fsp3) is 0.176. The summed E-state index contributed by atoms with van der Waals surface area (Å²) in [5, 5.41) is 5.86. The monoisotopic (exact) mass is 379 g/mol. The van der Waals surface area contributed by atoms with Crippen LogP contribution in [-0.2, 0) is 10.0 Å². The number of ether oxygens (including phenoxy) is 1. The van der Waals surface area contributed by atoms with Gasteiger partial charge in [-0.25, -0.2) is 8.42 Å². The number of aryl methyl sites for hydroxylation is 1. The number of hydrogen-bond acceptors (Lipinski definition) is 5. The summed E-state index contributed by atoms with van der Waals surface area (Å²) in [4.78, 5) is 1.23. The summed E-state index contributed by atoms with van der Waals surface area (Å²) in [7, 11) is -2.10. The number of methoxy groups -OCH3 is 1. The lowest BCUT2D eigenvalue weighted by molar-refractivity contribution is 0.414. The van der Waals surface area contributed by atoms with Crippen LogP contribution in [0.4, 0.5) is 0 Å². The smallest absolute Gasteiger partial charge is 0.241 e. The van der Waals surface area contributed by atoms with E-state index in [0.29, 0.717) is 11.3 Å². The molecule has 7 heteroatoms. The lowest BCUT2D eigenvalue weighted by Gasteiger charge is -2.18. The van der Waals surface area contributed by atoms with E-state index in [-0.39, 0.29) is 10.9 Å². The molecule has 0 aliphatic rings. The van der Waals surface area contributed by atoms with Crippen LogP contribution in [-0.4, -0.2) is 15.5 Å². The van der Waals surface area contributed by atoms with Crippen LogP contribution in [0.1, 0.15) is 22.0 Å². The lowest BCUT2D eigenvalue weighted by Crippen LogP contribution is -2.29. The van der Waals surface area contributed by atoms with Gasteiger partial charge in [-0.3, -0.25) is 0 Å². The molecule has 0 spiro atoms. The second-order valence-electron chi connectivity index (χ2n) is 5.26. The van der Waals surface area contributed by atoms with Crippen molar-refractivity contribution >= 4 is 32.7 Å². The maximum Gasteiger partial charge on any atom is 0.241 e. The zero-order valence-electron chi connectivity index (χ0n) is 13.2. The Hall–Kier alpha value is -1.67. The highest BCUT2D eigenvalue weighted by molar-refractivity contribution is 7.89. The summed E-state index contributed by atoms with van der Waals surface area (Å²) in [6.07, 6.45) is 0. The zero-order valence-corrected chi connectivity index (χ0v) is 15.7. The normalized spacial score (nSPS) is 12.9. The van der Waals surface area contributed by atoms with Gasteiger partial charge in [-0.05, 0) is 64.5 Å². The van der Waals surface area contributed by atoms with Crippen LogP contribution >= 0.6 is 22.7 Å². The Morgan fingerprint density at radius 2 is 2.00 bits per heavy atom. The molecular formula is C17H17NO3S3. The van der Waals surface area contributed by atoms with E-state index >= 15 is 0 Å². The van der Waals surface area contributed by atoms with Gasteiger partial charge in [0.05, 0.1) is 18.0 Å². The maximum atomic E-state index is 12.9. The Morgan fingerprint density at radius 3 is 2.58 bits per heavy atom. The third-order valence-electron chi connectivity index (χ3n) is 3.65. The fourth-order valence-electron chi connectivity index (χ4n) is 2.45. The molecule has 1 atom stereocenters. The lowest BCUT2D eigenvalue weighted by atomic mass is 10.1. The number of thiophene rings is 2. The molecule has 0 aliphatic heterocycles. The molecule has 0 radical (unpaired) electrons. The van der Waals surface area contributed by atoms with Crippen LogP contribution in [0.25, 0.3) is 0 Å². The van der Waals surface area contributed by atoms with Crippen molar-refractivity contribution in [1.82, 2.24) is 4.72 Å². The van der Waals surface area contributed by atoms with Gasteiger partial charge in [0.15, 0.2) is 0 Å². The third kappa shape index (κ3) is 3.54. The van der Waals surface area contributed by atoms with Crippen LogP contribution in [0.15, 0.2) is 57.4 Å². The van der Waals surface area contributed by atoms with Gasteiger partial charge in [-0.1, -0.05) is 6.07 Å². The van der Waals surface area contributed by atoms with Gasteiger partial charge < -0.3 is 4.74 Å². The first-order valence-corrected chi connectivity index (χ1v) is 10.5. The Bertz CT molecular complexity index is 866. The summed E-state index contributed by atoms with van der Waals surface area (Å²) >= 11 is 3.08. The van der Waals surface area contributed by atoms with Crippen molar-refractivity contribution in [1.29, 1.82) is 0 Å². The molecule has 1 N–H and O–H groups in total. The van der Waals surface area contributed by atoms with Gasteiger partial charge in [0, 0.05) is 4.88 Å². The largest absolute Gasteiger partial charge is 0.497 e. The highest BCUT2D eigenvalue weighted by atomic mass is 32.2. The molecule has 126 valence electrons. The standard InChI is InChI=1S/C17H17NO3S3/c1-12-10-14(21-2)5-6-16(12)24(19,20)18-17(13-7-9-22-11-13)15-4-3-8-23-15/h3-11,17-18H,1-2H3. The first-order chi connectivity index (χ1) is 11.5. The van der Waals surface area contributed by atoms with Crippen LogP contribution in [0.2, 0.25) is 0 Å². The number of nitrogens with one attached hydrogen (secondary N) is 1. The van der Waals surface area contributed by atoms with Gasteiger partial charge in [0.2, 0.25) is 10.0 Å². The van der Waals surface area contributed by atoms with Gasteiger partial charge in [-0.15, -0.1) is 11.3 Å². The molecule has 0 saturated heterocycles. The molecule has 3 rings (SSSR count). The summed E-state index contributed by atoms with van der Waals surface area (Å²) in [5.41, 5.74) is 1.59. The minimum absolute atomic E-state index is 0.264. The van der Waals surface area contributed by atoms with Crippen LogP contribution in [0.3, 0.4) is 0 Å². The Labute approximate surface area is 149 Å². The van der Waals surface area contributed by atoms with Crippen molar-refractivity contribution in [2.75, 3.05) is 7.11 Å². The Balaban J connectivity index is 1.97. The molecule has 3 aromatic rings. The number of rotatable bonds is 6. The number of hydrogen-bond donors (Lipinski definition) is 1. The second-order valence-corrected chi connectivity index (χ2v) is 8.70. The minimum Gasteiger partial charge on any atom is -0.497 e. The highest BCUT2D eigenvalue weighted by Gasteiger charge is 2.25. The van der Waals surface area contributed by atoms with E-state index in [4.69, 9.17) is 4.74 Å². The van der Waals surface area contributed by atoms with Crippen LogP contribution < -0.4 is 9.46 Å². The summed E-state index contributed by atoms with van der Waals surface area (Å²) in [5.74, 6) is 0.638. The second kappa shape index (κ2) is 7.06. The quantitative estimate of drug-likeness (QED) is 0.698. The summed E-state index contributed by atoms with van der Waals surface area (Å²) in [6.45, 7) is 1.77. The van der Waals surface area contributed by atoms with E-state index in [0.717, 1.165) is 10.4 Å². The van der Waals surface area contributed by atoms with E-state index in [1.807, 2.05) is 34.3 Å². The van der Waals surface area contributed by atoms with E-state index in [1.54, 1.807) is 43.6 Å². The molecule has 0 aliphatic carbocycles. The molecule has 0 saturated carbocycles. The van der Waals surface area contributed by atoms with E-state index in [9.17, 15) is 8.42 Å². The highest BCUT2D eigenvalue weighted by Crippen LogP contribution is 2.30. The molecule has 2 aromatic heterocycles. The third-order valence-corrected chi connectivity index (χ3v) is 6.87. The first kappa shape index (κ1) is 17.2. The first-order valence-electron chi connectivity index (χ1n) is 7.24. The minimum atomic E-state index is -3.66. The van der Waals surface area contributed by atoms with Gasteiger partial charge in [-0.2, -0.15) is 16.1 Å². The van der Waals surface area contributed by atoms with Crippen molar-refractivity contribution in [3.63, 3.8) is 0 Å².